The summed E-state index contributed by atoms with van der Waals surface area (Å²) >= 11 is 6.13. The minimum atomic E-state index is 0.487. The lowest BCUT2D eigenvalue weighted by Gasteiger charge is -2.18. The normalized spacial score (nSPS) is 12.6. The summed E-state index contributed by atoms with van der Waals surface area (Å²) in [5.41, 5.74) is 2.97. The Morgan fingerprint density at radius 3 is 2.86 bits per heavy atom. The van der Waals surface area contributed by atoms with Crippen LogP contribution in [0.5, 0.6) is 5.75 Å². The first-order valence-corrected chi connectivity index (χ1v) is 8.52. The topological polar surface area (TPSA) is 39.9 Å². The molecule has 118 valence electrons. The van der Waals surface area contributed by atoms with Gasteiger partial charge in [0.2, 0.25) is 0 Å². The first-order valence-electron chi connectivity index (χ1n) is 8.14. The number of ether oxygens (including phenoxy) is 1. The predicted octanol–water partition coefficient (Wildman–Crippen LogP) is 4.85. The molecule has 1 aromatic heterocycles. The van der Waals surface area contributed by atoms with E-state index in [0.717, 1.165) is 35.7 Å². The molecule has 1 aliphatic rings. The van der Waals surface area contributed by atoms with E-state index in [2.05, 4.69) is 17.2 Å². The first kappa shape index (κ1) is 15.3. The molecular formula is C17H22ClN3O. The van der Waals surface area contributed by atoms with Crippen molar-refractivity contribution in [1.82, 2.24) is 15.0 Å². The fraction of sp³-hybridized carbons (Fsp3) is 0.529. The number of rotatable bonds is 7. The summed E-state index contributed by atoms with van der Waals surface area (Å²) in [7, 11) is 0. The fourth-order valence-electron chi connectivity index (χ4n) is 2.90. The maximum absolute atomic E-state index is 6.13. The molecule has 0 aliphatic carbocycles. The van der Waals surface area contributed by atoms with Gasteiger partial charge in [-0.25, -0.2) is 4.68 Å². The van der Waals surface area contributed by atoms with E-state index in [9.17, 15) is 0 Å². The zero-order chi connectivity index (χ0) is 15.4. The molecule has 0 radical (unpaired) electrons. The van der Waals surface area contributed by atoms with Gasteiger partial charge in [0.05, 0.1) is 5.69 Å². The fourth-order valence-corrected chi connectivity index (χ4v) is 3.07. The average Bonchev–Trinajstić information content (AvgIpc) is 2.94. The van der Waals surface area contributed by atoms with Crippen LogP contribution >= 0.6 is 11.6 Å². The molecule has 2 heterocycles. The van der Waals surface area contributed by atoms with Gasteiger partial charge in [-0.2, -0.15) is 0 Å². The molecule has 5 heteroatoms. The molecule has 1 aliphatic heterocycles. The summed E-state index contributed by atoms with van der Waals surface area (Å²) in [6.07, 6.45) is 7.63. The Morgan fingerprint density at radius 1 is 1.18 bits per heavy atom. The number of fused-ring (bicyclic) bond motifs is 3. The number of halogens is 1. The van der Waals surface area contributed by atoms with Crippen LogP contribution in [-0.2, 0) is 13.2 Å². The lowest BCUT2D eigenvalue weighted by Crippen LogP contribution is -2.09. The number of aromatic nitrogens is 3. The van der Waals surface area contributed by atoms with Crippen LogP contribution in [0.3, 0.4) is 0 Å². The van der Waals surface area contributed by atoms with Crippen LogP contribution in [0.4, 0.5) is 0 Å². The first-order chi connectivity index (χ1) is 10.8. The van der Waals surface area contributed by atoms with E-state index in [1.165, 1.54) is 32.1 Å². The van der Waals surface area contributed by atoms with E-state index in [1.54, 1.807) is 0 Å². The van der Waals surface area contributed by atoms with Crippen molar-refractivity contribution in [2.24, 2.45) is 0 Å². The Hall–Kier alpha value is -1.55. The van der Waals surface area contributed by atoms with Gasteiger partial charge in [0.1, 0.15) is 18.1 Å². The highest BCUT2D eigenvalue weighted by Gasteiger charge is 2.23. The van der Waals surface area contributed by atoms with Gasteiger partial charge in [0, 0.05) is 17.1 Å². The third-order valence-electron chi connectivity index (χ3n) is 4.09. The van der Waals surface area contributed by atoms with Crippen LogP contribution in [0.15, 0.2) is 18.2 Å². The van der Waals surface area contributed by atoms with Gasteiger partial charge < -0.3 is 4.74 Å². The highest BCUT2D eigenvalue weighted by atomic mass is 35.5. The quantitative estimate of drug-likeness (QED) is 0.685. The van der Waals surface area contributed by atoms with Crippen LogP contribution in [0.25, 0.3) is 11.3 Å². The van der Waals surface area contributed by atoms with Crippen molar-refractivity contribution in [3.63, 3.8) is 0 Å². The molecule has 2 aromatic rings. The third kappa shape index (κ3) is 3.27. The molecule has 0 spiro atoms. The standard InChI is InChI=1S/C17H22ClN3O/c1-2-3-4-5-6-7-10-21-17-14-11-13(18)8-9-16(14)22-12-15(17)19-20-21/h8-9,11H,2-7,10,12H2,1H3. The van der Waals surface area contributed by atoms with Crippen LogP contribution in [0, 0.1) is 0 Å². The predicted molar refractivity (Wildman–Crippen MR) is 88.2 cm³/mol. The Labute approximate surface area is 136 Å². The second-order valence-electron chi connectivity index (χ2n) is 5.80. The van der Waals surface area contributed by atoms with Crippen molar-refractivity contribution in [1.29, 1.82) is 0 Å². The SMILES string of the molecule is CCCCCCCCn1nnc2c1-c1cc(Cl)ccc1OC2. The van der Waals surface area contributed by atoms with Gasteiger partial charge in [0.15, 0.2) is 0 Å². The van der Waals surface area contributed by atoms with E-state index in [4.69, 9.17) is 16.3 Å². The molecule has 22 heavy (non-hydrogen) atoms. The van der Waals surface area contributed by atoms with E-state index in [1.807, 2.05) is 22.9 Å². The summed E-state index contributed by atoms with van der Waals surface area (Å²) in [5.74, 6) is 0.864. The maximum atomic E-state index is 6.13. The second kappa shape index (κ2) is 7.14. The summed E-state index contributed by atoms with van der Waals surface area (Å²) < 4.78 is 7.72. The Bertz CT molecular complexity index is 639. The minimum Gasteiger partial charge on any atom is -0.486 e. The lowest BCUT2D eigenvalue weighted by atomic mass is 10.1. The molecule has 4 nitrogen and oxygen atoms in total. The van der Waals surface area contributed by atoms with Gasteiger partial charge in [0.25, 0.3) is 0 Å². The van der Waals surface area contributed by atoms with Crippen molar-refractivity contribution >= 4 is 11.6 Å². The summed E-state index contributed by atoms with van der Waals surface area (Å²) in [4.78, 5) is 0. The molecule has 0 unspecified atom stereocenters. The van der Waals surface area contributed by atoms with E-state index in [-0.39, 0.29) is 0 Å². The molecule has 0 fully saturated rings. The lowest BCUT2D eigenvalue weighted by molar-refractivity contribution is 0.297. The molecule has 0 amide bonds. The van der Waals surface area contributed by atoms with Crippen LogP contribution < -0.4 is 4.74 Å². The Balaban J connectivity index is 1.69. The smallest absolute Gasteiger partial charge is 0.134 e. The minimum absolute atomic E-state index is 0.487. The number of aryl methyl sites for hydroxylation is 1. The van der Waals surface area contributed by atoms with Crippen LogP contribution in [0.1, 0.15) is 51.1 Å². The van der Waals surface area contributed by atoms with Gasteiger partial charge in [-0.1, -0.05) is 55.8 Å². The molecule has 3 rings (SSSR count). The summed E-state index contributed by atoms with van der Waals surface area (Å²) in [5, 5.41) is 9.27. The molecular weight excluding hydrogens is 298 g/mol. The van der Waals surface area contributed by atoms with Gasteiger partial charge in [-0.05, 0) is 24.6 Å². The molecule has 0 atom stereocenters. The number of hydrogen-bond donors (Lipinski definition) is 0. The van der Waals surface area contributed by atoms with Crippen molar-refractivity contribution in [3.8, 4) is 17.0 Å². The average molecular weight is 320 g/mol. The van der Waals surface area contributed by atoms with E-state index >= 15 is 0 Å². The number of unbranched alkanes of at least 4 members (excludes halogenated alkanes) is 5. The number of nitrogens with zero attached hydrogens (tertiary/aromatic N) is 3. The molecule has 0 saturated carbocycles. The highest BCUT2D eigenvalue weighted by molar-refractivity contribution is 6.31. The highest BCUT2D eigenvalue weighted by Crippen LogP contribution is 2.38. The Kier molecular flexibility index (Phi) is 4.98. The van der Waals surface area contributed by atoms with Gasteiger partial charge in [-0.15, -0.1) is 5.10 Å². The largest absolute Gasteiger partial charge is 0.486 e. The number of hydrogen-bond acceptors (Lipinski definition) is 3. The van der Waals surface area contributed by atoms with E-state index in [0.29, 0.717) is 11.6 Å². The van der Waals surface area contributed by atoms with Crippen molar-refractivity contribution in [2.75, 3.05) is 0 Å². The molecule has 1 aromatic carbocycles. The zero-order valence-corrected chi connectivity index (χ0v) is 13.8. The zero-order valence-electron chi connectivity index (χ0n) is 13.0. The molecule has 0 bridgehead atoms. The van der Waals surface area contributed by atoms with Crippen molar-refractivity contribution in [2.45, 2.75) is 58.6 Å². The van der Waals surface area contributed by atoms with Crippen LogP contribution in [-0.4, -0.2) is 15.0 Å². The van der Waals surface area contributed by atoms with Crippen LogP contribution in [0.2, 0.25) is 5.02 Å². The molecule has 0 N–H and O–H groups in total. The second-order valence-corrected chi connectivity index (χ2v) is 6.24. The van der Waals surface area contributed by atoms with Crippen molar-refractivity contribution < 1.29 is 4.74 Å². The Morgan fingerprint density at radius 2 is 2.00 bits per heavy atom. The van der Waals surface area contributed by atoms with E-state index < -0.39 is 0 Å². The third-order valence-corrected chi connectivity index (χ3v) is 4.32. The number of benzene rings is 1. The monoisotopic (exact) mass is 319 g/mol. The summed E-state index contributed by atoms with van der Waals surface area (Å²) in [6, 6.07) is 5.71. The van der Waals surface area contributed by atoms with Gasteiger partial charge >= 0.3 is 0 Å². The van der Waals surface area contributed by atoms with Gasteiger partial charge in [-0.3, -0.25) is 0 Å². The maximum Gasteiger partial charge on any atom is 0.134 e. The summed E-state index contributed by atoms with van der Waals surface area (Å²) in [6.45, 7) is 3.63. The van der Waals surface area contributed by atoms with Crippen molar-refractivity contribution in [3.05, 3.63) is 28.9 Å². The molecule has 0 saturated heterocycles.